The van der Waals surface area contributed by atoms with E-state index < -0.39 is 0 Å². The van der Waals surface area contributed by atoms with E-state index in [1.165, 1.54) is 0 Å². The molecule has 26 heavy (non-hydrogen) atoms. The van der Waals surface area contributed by atoms with Gasteiger partial charge < -0.3 is 4.74 Å². The highest BCUT2D eigenvalue weighted by atomic mass is 16.5. The number of aromatic nitrogens is 1. The standard InChI is InChI=1S/C22H22N2O2/c1-4-26-22(25)19-14-24(18-12-10-15(2)11-13-18)21(23)16(3)20(19)17-8-6-5-7-9-17/h5-14,23H,4H2,1-3H3/p+1. The highest BCUT2D eigenvalue weighted by Gasteiger charge is 2.24. The van der Waals surface area contributed by atoms with Crippen LogP contribution < -0.4 is 10.3 Å². The highest BCUT2D eigenvalue weighted by Crippen LogP contribution is 2.30. The molecule has 0 aliphatic heterocycles. The van der Waals surface area contributed by atoms with Crippen molar-refractivity contribution in [3.8, 4) is 16.8 Å². The van der Waals surface area contributed by atoms with Crippen LogP contribution in [-0.2, 0) is 4.74 Å². The van der Waals surface area contributed by atoms with Crippen LogP contribution in [0.5, 0.6) is 0 Å². The summed E-state index contributed by atoms with van der Waals surface area (Å²) >= 11 is 0. The van der Waals surface area contributed by atoms with Crippen molar-refractivity contribution in [1.82, 2.24) is 0 Å². The zero-order valence-corrected chi connectivity index (χ0v) is 15.3. The van der Waals surface area contributed by atoms with Crippen LogP contribution in [-0.4, -0.2) is 12.6 Å². The maximum atomic E-state index is 12.7. The van der Waals surface area contributed by atoms with Gasteiger partial charge in [0, 0.05) is 11.1 Å². The number of carbonyl (C=O) groups is 1. The Kier molecular flexibility index (Phi) is 5.03. The summed E-state index contributed by atoms with van der Waals surface area (Å²) in [6.07, 6.45) is 1.77. The number of nitrogens with two attached hydrogens (primary N) is 1. The van der Waals surface area contributed by atoms with Gasteiger partial charge in [-0.05, 0) is 38.5 Å². The quantitative estimate of drug-likeness (QED) is 0.573. The normalized spacial score (nSPS) is 10.6. The third-order valence-electron chi connectivity index (χ3n) is 4.42. The molecule has 0 aliphatic rings. The van der Waals surface area contributed by atoms with Gasteiger partial charge in [-0.2, -0.15) is 4.57 Å². The van der Waals surface area contributed by atoms with E-state index in [0.717, 1.165) is 27.9 Å². The van der Waals surface area contributed by atoms with Crippen LogP contribution in [0.1, 0.15) is 28.4 Å². The Hall–Kier alpha value is -3.14. The van der Waals surface area contributed by atoms with E-state index >= 15 is 0 Å². The van der Waals surface area contributed by atoms with E-state index in [2.05, 4.69) is 0 Å². The topological polar surface area (TPSA) is 56.2 Å². The Labute approximate surface area is 153 Å². The number of nitrogen functional groups attached to an aromatic ring is 1. The highest BCUT2D eigenvalue weighted by molar-refractivity contribution is 5.98. The van der Waals surface area contributed by atoms with E-state index in [4.69, 9.17) is 10.5 Å². The molecule has 0 amide bonds. The fraction of sp³-hybridized carbons (Fsp3) is 0.182. The second-order valence-electron chi connectivity index (χ2n) is 6.22. The van der Waals surface area contributed by atoms with Gasteiger partial charge in [-0.25, -0.2) is 4.79 Å². The van der Waals surface area contributed by atoms with Gasteiger partial charge in [0.25, 0.3) is 5.82 Å². The van der Waals surface area contributed by atoms with Gasteiger partial charge in [0.1, 0.15) is 17.4 Å². The minimum atomic E-state index is -0.352. The summed E-state index contributed by atoms with van der Waals surface area (Å²) in [5, 5.41) is 0. The summed E-state index contributed by atoms with van der Waals surface area (Å²) in [5.41, 5.74) is 11.6. The molecule has 0 atom stereocenters. The molecule has 132 valence electrons. The van der Waals surface area contributed by atoms with E-state index in [-0.39, 0.29) is 5.97 Å². The first-order valence-corrected chi connectivity index (χ1v) is 8.67. The predicted octanol–water partition coefficient (Wildman–Crippen LogP) is 4.01. The van der Waals surface area contributed by atoms with Crippen molar-refractivity contribution >= 4 is 11.8 Å². The van der Waals surface area contributed by atoms with E-state index in [1.54, 1.807) is 13.1 Å². The van der Waals surface area contributed by atoms with Crippen molar-refractivity contribution in [2.45, 2.75) is 20.8 Å². The average molecular weight is 347 g/mol. The molecule has 2 aromatic carbocycles. The Morgan fingerprint density at radius 2 is 1.69 bits per heavy atom. The summed E-state index contributed by atoms with van der Waals surface area (Å²) in [5.74, 6) is 0.246. The van der Waals surface area contributed by atoms with Crippen molar-refractivity contribution in [2.75, 3.05) is 12.3 Å². The van der Waals surface area contributed by atoms with Crippen molar-refractivity contribution in [2.24, 2.45) is 0 Å². The van der Waals surface area contributed by atoms with Gasteiger partial charge in [0.2, 0.25) is 0 Å². The summed E-state index contributed by atoms with van der Waals surface area (Å²) < 4.78 is 7.14. The fourth-order valence-electron chi connectivity index (χ4n) is 3.03. The molecule has 0 fully saturated rings. The van der Waals surface area contributed by atoms with Gasteiger partial charge in [0.05, 0.1) is 6.61 Å². The molecule has 2 N–H and O–H groups in total. The number of esters is 1. The average Bonchev–Trinajstić information content (AvgIpc) is 2.65. The molecular weight excluding hydrogens is 324 g/mol. The SMILES string of the molecule is CCOC(=O)c1c[n+](-c2ccc(C)cc2)c(N)c(C)c1-c1ccccc1. The van der Waals surface area contributed by atoms with Gasteiger partial charge in [-0.3, -0.25) is 5.73 Å². The number of pyridine rings is 1. The summed E-state index contributed by atoms with van der Waals surface area (Å²) in [7, 11) is 0. The summed E-state index contributed by atoms with van der Waals surface area (Å²) in [4.78, 5) is 12.7. The molecule has 0 aliphatic carbocycles. The Morgan fingerprint density at radius 3 is 2.31 bits per heavy atom. The van der Waals surface area contributed by atoms with Crippen LogP contribution in [0.2, 0.25) is 0 Å². The van der Waals surface area contributed by atoms with Crippen molar-refractivity contribution in [3.63, 3.8) is 0 Å². The van der Waals surface area contributed by atoms with Crippen LogP contribution in [0.15, 0.2) is 60.8 Å². The second-order valence-corrected chi connectivity index (χ2v) is 6.22. The lowest BCUT2D eigenvalue weighted by molar-refractivity contribution is -0.580. The monoisotopic (exact) mass is 347 g/mol. The molecule has 4 nitrogen and oxygen atoms in total. The number of benzene rings is 2. The van der Waals surface area contributed by atoms with E-state index in [9.17, 15) is 4.79 Å². The Bertz CT molecular complexity index is 933. The zero-order chi connectivity index (χ0) is 18.7. The molecular formula is C22H23N2O2+. The van der Waals surface area contributed by atoms with E-state index in [0.29, 0.717) is 18.0 Å². The van der Waals surface area contributed by atoms with Crippen LogP contribution in [0.4, 0.5) is 5.82 Å². The number of carbonyl (C=O) groups excluding carboxylic acids is 1. The molecule has 0 bridgehead atoms. The molecule has 0 saturated carbocycles. The van der Waals surface area contributed by atoms with E-state index in [1.807, 2.05) is 73.0 Å². The summed E-state index contributed by atoms with van der Waals surface area (Å²) in [6, 6.07) is 17.8. The molecule has 4 heteroatoms. The smallest absolute Gasteiger partial charge is 0.342 e. The van der Waals surface area contributed by atoms with Crippen LogP contribution in [0.3, 0.4) is 0 Å². The minimum Gasteiger partial charge on any atom is -0.462 e. The molecule has 0 spiro atoms. The van der Waals surface area contributed by atoms with Gasteiger partial charge in [0.15, 0.2) is 0 Å². The summed E-state index contributed by atoms with van der Waals surface area (Å²) in [6.45, 7) is 6.09. The number of hydrogen-bond acceptors (Lipinski definition) is 3. The van der Waals surface area contributed by atoms with Crippen LogP contribution in [0.25, 0.3) is 16.8 Å². The molecule has 1 aromatic heterocycles. The van der Waals surface area contributed by atoms with Gasteiger partial charge in [-0.15, -0.1) is 0 Å². The molecule has 0 unspecified atom stereocenters. The number of aryl methyl sites for hydroxylation is 1. The number of rotatable bonds is 4. The van der Waals surface area contributed by atoms with Crippen LogP contribution in [0, 0.1) is 13.8 Å². The first kappa shape index (κ1) is 17.7. The number of anilines is 1. The number of nitrogens with zero attached hydrogens (tertiary/aromatic N) is 1. The first-order chi connectivity index (χ1) is 12.5. The molecule has 0 radical (unpaired) electrons. The molecule has 0 saturated heterocycles. The predicted molar refractivity (Wildman–Crippen MR) is 103 cm³/mol. The Morgan fingerprint density at radius 1 is 1.04 bits per heavy atom. The number of ether oxygens (including phenoxy) is 1. The molecule has 3 aromatic rings. The van der Waals surface area contributed by atoms with Gasteiger partial charge in [-0.1, -0.05) is 48.0 Å². The lowest BCUT2D eigenvalue weighted by Gasteiger charge is -2.15. The van der Waals surface area contributed by atoms with Gasteiger partial charge >= 0.3 is 5.97 Å². The molecule has 3 rings (SSSR count). The first-order valence-electron chi connectivity index (χ1n) is 8.67. The van der Waals surface area contributed by atoms with Crippen molar-refractivity contribution < 1.29 is 14.1 Å². The largest absolute Gasteiger partial charge is 0.462 e. The lowest BCUT2D eigenvalue weighted by atomic mass is 9.96. The maximum Gasteiger partial charge on any atom is 0.342 e. The third-order valence-corrected chi connectivity index (χ3v) is 4.42. The maximum absolute atomic E-state index is 12.7. The lowest BCUT2D eigenvalue weighted by Crippen LogP contribution is -2.37. The van der Waals surface area contributed by atoms with Crippen molar-refractivity contribution in [3.05, 3.63) is 77.5 Å². The minimum absolute atomic E-state index is 0.320. The van der Waals surface area contributed by atoms with Crippen molar-refractivity contribution in [1.29, 1.82) is 0 Å². The zero-order valence-electron chi connectivity index (χ0n) is 15.3. The van der Waals surface area contributed by atoms with Crippen LogP contribution >= 0.6 is 0 Å². The Balaban J connectivity index is 2.27. The third kappa shape index (κ3) is 3.31. The number of hydrogen-bond donors (Lipinski definition) is 1. The molecule has 1 heterocycles. The fourth-order valence-corrected chi connectivity index (χ4v) is 3.03. The second kappa shape index (κ2) is 7.40.